The number of methoxy groups -OCH3 is 1. The number of nitrogens with zero attached hydrogens (tertiary/aromatic N) is 3. The monoisotopic (exact) mass is 392 g/mol. The van der Waals surface area contributed by atoms with E-state index in [4.69, 9.17) is 20.2 Å². The molecule has 0 bridgehead atoms. The number of carbonyl (C=O) groups excluding carboxylic acids is 1. The average Bonchev–Trinajstić information content (AvgIpc) is 2.69. The van der Waals surface area contributed by atoms with Crippen molar-refractivity contribution in [3.05, 3.63) is 58.8 Å². The molecule has 7 nitrogen and oxygen atoms in total. The van der Waals surface area contributed by atoms with E-state index in [9.17, 15) is 4.79 Å². The van der Waals surface area contributed by atoms with E-state index in [-0.39, 0.29) is 11.9 Å². The van der Waals surface area contributed by atoms with Crippen molar-refractivity contribution in [2.45, 2.75) is 38.6 Å². The number of rotatable bonds is 4. The number of fused-ring (bicyclic) bond motifs is 2. The SMILES string of the molecule is COc1ncc(C(C)(C)N)c2cc(Cc3ccc4c(n3)[C@H](C)COC4=O)ncc12. The summed E-state index contributed by atoms with van der Waals surface area (Å²) in [6.07, 6.45) is 4.07. The summed E-state index contributed by atoms with van der Waals surface area (Å²) in [4.78, 5) is 25.6. The van der Waals surface area contributed by atoms with Crippen LogP contribution in [0, 0.1) is 0 Å². The number of carbonyl (C=O) groups is 1. The smallest absolute Gasteiger partial charge is 0.340 e. The number of aromatic nitrogens is 3. The number of esters is 1. The first-order chi connectivity index (χ1) is 13.8. The predicted molar refractivity (Wildman–Crippen MR) is 109 cm³/mol. The molecular formula is C22H24N4O3. The molecule has 4 heterocycles. The minimum Gasteiger partial charge on any atom is -0.481 e. The second-order valence-electron chi connectivity index (χ2n) is 8.04. The molecule has 0 fully saturated rings. The first-order valence-corrected chi connectivity index (χ1v) is 9.56. The molecule has 4 rings (SSSR count). The summed E-state index contributed by atoms with van der Waals surface area (Å²) in [5.74, 6) is 0.286. The van der Waals surface area contributed by atoms with Crippen molar-refractivity contribution >= 4 is 16.7 Å². The lowest BCUT2D eigenvalue weighted by Crippen LogP contribution is -2.29. The Morgan fingerprint density at radius 3 is 2.72 bits per heavy atom. The molecule has 0 amide bonds. The maximum absolute atomic E-state index is 11.9. The largest absolute Gasteiger partial charge is 0.481 e. The highest BCUT2D eigenvalue weighted by atomic mass is 16.5. The van der Waals surface area contributed by atoms with Crippen molar-refractivity contribution in [2.75, 3.05) is 13.7 Å². The topological polar surface area (TPSA) is 100 Å². The van der Waals surface area contributed by atoms with Crippen LogP contribution in [-0.4, -0.2) is 34.6 Å². The fourth-order valence-electron chi connectivity index (χ4n) is 3.63. The van der Waals surface area contributed by atoms with Gasteiger partial charge in [-0.25, -0.2) is 9.78 Å². The Bertz CT molecular complexity index is 1110. The maximum Gasteiger partial charge on any atom is 0.340 e. The number of pyridine rings is 3. The zero-order valence-electron chi connectivity index (χ0n) is 17.0. The Morgan fingerprint density at radius 1 is 1.21 bits per heavy atom. The Hall–Kier alpha value is -3.06. The second kappa shape index (κ2) is 7.08. The minimum atomic E-state index is -0.560. The molecule has 0 unspecified atom stereocenters. The summed E-state index contributed by atoms with van der Waals surface area (Å²) in [5.41, 5.74) is 9.77. The van der Waals surface area contributed by atoms with Crippen molar-refractivity contribution in [1.29, 1.82) is 0 Å². The molecule has 3 aromatic heterocycles. The molecule has 0 aliphatic carbocycles. The first-order valence-electron chi connectivity index (χ1n) is 9.56. The van der Waals surface area contributed by atoms with Gasteiger partial charge in [-0.05, 0) is 43.0 Å². The summed E-state index contributed by atoms with van der Waals surface area (Å²) in [6, 6.07) is 5.66. The lowest BCUT2D eigenvalue weighted by atomic mass is 9.92. The van der Waals surface area contributed by atoms with Crippen LogP contribution in [0.15, 0.2) is 30.6 Å². The van der Waals surface area contributed by atoms with Gasteiger partial charge in [0, 0.05) is 41.7 Å². The van der Waals surface area contributed by atoms with Gasteiger partial charge in [0.1, 0.15) is 0 Å². The molecule has 1 aliphatic heterocycles. The number of hydrogen-bond donors (Lipinski definition) is 1. The summed E-state index contributed by atoms with van der Waals surface area (Å²) < 4.78 is 10.6. The molecule has 0 spiro atoms. The molecule has 3 aromatic rings. The minimum absolute atomic E-state index is 0.0761. The Labute approximate surface area is 169 Å². The summed E-state index contributed by atoms with van der Waals surface area (Å²) >= 11 is 0. The Morgan fingerprint density at radius 2 is 2.00 bits per heavy atom. The molecule has 150 valence electrons. The summed E-state index contributed by atoms with van der Waals surface area (Å²) in [5, 5.41) is 1.78. The second-order valence-corrected chi connectivity index (χ2v) is 8.04. The maximum atomic E-state index is 11.9. The predicted octanol–water partition coefficient (Wildman–Crippen LogP) is 3.09. The first kappa shape index (κ1) is 19.3. The van der Waals surface area contributed by atoms with E-state index >= 15 is 0 Å². The van der Waals surface area contributed by atoms with E-state index in [2.05, 4.69) is 9.97 Å². The van der Waals surface area contributed by atoms with Crippen LogP contribution in [-0.2, 0) is 16.7 Å². The highest BCUT2D eigenvalue weighted by molar-refractivity contribution is 5.92. The van der Waals surface area contributed by atoms with Crippen molar-refractivity contribution in [1.82, 2.24) is 15.0 Å². The van der Waals surface area contributed by atoms with Gasteiger partial charge in [0.15, 0.2) is 0 Å². The van der Waals surface area contributed by atoms with Gasteiger partial charge in [-0.3, -0.25) is 9.97 Å². The zero-order chi connectivity index (χ0) is 20.8. The zero-order valence-corrected chi connectivity index (χ0v) is 17.0. The van der Waals surface area contributed by atoms with Gasteiger partial charge in [-0.15, -0.1) is 0 Å². The standard InChI is InChI=1S/C22H24N4O3/c1-12-11-29-21(27)15-6-5-13(26-19(12)15)7-14-8-16-17(9-24-14)20(28-4)25-10-18(16)22(2,3)23/h5-6,8-10,12H,7,11,23H2,1-4H3/t12-/m1/s1. The lowest BCUT2D eigenvalue weighted by molar-refractivity contribution is 0.0444. The molecular weight excluding hydrogens is 368 g/mol. The quantitative estimate of drug-likeness (QED) is 0.681. The van der Waals surface area contributed by atoms with Crippen LogP contribution in [0.4, 0.5) is 0 Å². The van der Waals surface area contributed by atoms with Gasteiger partial charge in [-0.2, -0.15) is 0 Å². The normalized spacial score (nSPS) is 16.4. The third-order valence-electron chi connectivity index (χ3n) is 5.18. The van der Waals surface area contributed by atoms with E-state index in [1.54, 1.807) is 25.6 Å². The van der Waals surface area contributed by atoms with Crippen LogP contribution >= 0.6 is 0 Å². The van der Waals surface area contributed by atoms with E-state index in [0.29, 0.717) is 24.5 Å². The molecule has 0 saturated carbocycles. The lowest BCUT2D eigenvalue weighted by Gasteiger charge is -2.22. The van der Waals surface area contributed by atoms with Crippen LogP contribution in [0.5, 0.6) is 5.88 Å². The molecule has 2 N–H and O–H groups in total. The van der Waals surface area contributed by atoms with Crippen molar-refractivity contribution in [3.8, 4) is 5.88 Å². The van der Waals surface area contributed by atoms with E-state index in [1.807, 2.05) is 32.9 Å². The number of nitrogens with two attached hydrogens (primary N) is 1. The molecule has 7 heteroatoms. The molecule has 0 aromatic carbocycles. The highest BCUT2D eigenvalue weighted by Crippen LogP contribution is 2.32. The summed E-state index contributed by atoms with van der Waals surface area (Å²) in [7, 11) is 1.59. The fraction of sp³-hybridized carbons (Fsp3) is 0.364. The number of hydrogen-bond acceptors (Lipinski definition) is 7. The Balaban J connectivity index is 1.76. The van der Waals surface area contributed by atoms with Crippen LogP contribution in [0.25, 0.3) is 10.8 Å². The van der Waals surface area contributed by atoms with Gasteiger partial charge in [0.2, 0.25) is 5.88 Å². The van der Waals surface area contributed by atoms with Crippen LogP contribution < -0.4 is 10.5 Å². The number of cyclic esters (lactones) is 1. The van der Waals surface area contributed by atoms with Gasteiger partial charge in [0.25, 0.3) is 0 Å². The third-order valence-corrected chi connectivity index (χ3v) is 5.18. The third kappa shape index (κ3) is 3.53. The fourth-order valence-corrected chi connectivity index (χ4v) is 3.63. The van der Waals surface area contributed by atoms with E-state index < -0.39 is 5.54 Å². The van der Waals surface area contributed by atoms with Crippen LogP contribution in [0.2, 0.25) is 0 Å². The van der Waals surface area contributed by atoms with Crippen molar-refractivity contribution < 1.29 is 14.3 Å². The highest BCUT2D eigenvalue weighted by Gasteiger charge is 2.26. The van der Waals surface area contributed by atoms with Gasteiger partial charge in [0.05, 0.1) is 30.4 Å². The van der Waals surface area contributed by atoms with Gasteiger partial charge >= 0.3 is 5.97 Å². The van der Waals surface area contributed by atoms with Crippen molar-refractivity contribution in [2.24, 2.45) is 5.73 Å². The number of ether oxygens (including phenoxy) is 2. The molecule has 0 saturated heterocycles. The van der Waals surface area contributed by atoms with E-state index in [1.165, 1.54) is 0 Å². The molecule has 0 radical (unpaired) electrons. The van der Waals surface area contributed by atoms with E-state index in [0.717, 1.165) is 33.4 Å². The van der Waals surface area contributed by atoms with Gasteiger partial charge < -0.3 is 15.2 Å². The van der Waals surface area contributed by atoms with Crippen LogP contribution in [0.1, 0.15) is 59.7 Å². The average molecular weight is 392 g/mol. The molecule has 29 heavy (non-hydrogen) atoms. The van der Waals surface area contributed by atoms with Gasteiger partial charge in [-0.1, -0.05) is 6.92 Å². The summed E-state index contributed by atoms with van der Waals surface area (Å²) in [6.45, 7) is 6.26. The van der Waals surface area contributed by atoms with Crippen LogP contribution in [0.3, 0.4) is 0 Å². The molecule has 1 aliphatic rings. The molecule has 1 atom stereocenters. The van der Waals surface area contributed by atoms with Crippen molar-refractivity contribution in [3.63, 3.8) is 0 Å². The Kier molecular flexibility index (Phi) is 4.70.